The number of nitrogens with zero attached hydrogens (tertiary/aromatic N) is 1. The van der Waals surface area contributed by atoms with Gasteiger partial charge in [-0.05, 0) is 16.5 Å². The second kappa shape index (κ2) is 4.92. The van der Waals surface area contributed by atoms with E-state index in [0.29, 0.717) is 0 Å². The average molecular weight is 217 g/mol. The van der Waals surface area contributed by atoms with Crippen molar-refractivity contribution in [2.45, 2.75) is 26.2 Å². The smallest absolute Gasteiger partial charge is 0.113 e. The van der Waals surface area contributed by atoms with Crippen LogP contribution in [0.3, 0.4) is 0 Å². The molecule has 3 heteroatoms. The Morgan fingerprint density at radius 2 is 1.88 bits per heavy atom. The van der Waals surface area contributed by atoms with Gasteiger partial charge in [-0.15, -0.1) is 0 Å². The molecule has 3 nitrogen and oxygen atoms in total. The molecular formula is C13H19N3. The molecule has 0 saturated heterocycles. The molecule has 0 spiro atoms. The predicted molar refractivity (Wildman–Crippen MR) is 69.5 cm³/mol. The molecule has 0 aromatic heterocycles. The highest BCUT2D eigenvalue weighted by Gasteiger charge is 2.12. The summed E-state index contributed by atoms with van der Waals surface area (Å²) >= 11 is 0. The van der Waals surface area contributed by atoms with Crippen molar-refractivity contribution < 1.29 is 0 Å². The van der Waals surface area contributed by atoms with Crippen LogP contribution in [0.25, 0.3) is 0 Å². The first-order chi connectivity index (χ1) is 7.39. The minimum absolute atomic E-state index is 0.0857. The van der Waals surface area contributed by atoms with E-state index in [4.69, 9.17) is 11.1 Å². The molecule has 0 amide bonds. The van der Waals surface area contributed by atoms with Crippen molar-refractivity contribution >= 4 is 12.1 Å². The van der Waals surface area contributed by atoms with Gasteiger partial charge in [0.2, 0.25) is 0 Å². The maximum absolute atomic E-state index is 7.04. The van der Waals surface area contributed by atoms with Gasteiger partial charge in [-0.2, -0.15) is 0 Å². The van der Waals surface area contributed by atoms with Gasteiger partial charge in [0.05, 0.1) is 6.54 Å². The summed E-state index contributed by atoms with van der Waals surface area (Å²) in [4.78, 5) is 4.06. The van der Waals surface area contributed by atoms with E-state index in [9.17, 15) is 0 Å². The standard InChI is InChI=1S/C13H19N3/c1-13(2,3)11-6-4-10(5-7-11)8-16-9-12(14)15/h4-8H,9H2,1-3H3,(H3,14,15). The Morgan fingerprint density at radius 3 is 2.31 bits per heavy atom. The predicted octanol–water partition coefficient (Wildman–Crippen LogP) is 2.34. The highest BCUT2D eigenvalue weighted by molar-refractivity contribution is 5.84. The van der Waals surface area contributed by atoms with Crippen molar-refractivity contribution in [3.63, 3.8) is 0 Å². The number of rotatable bonds is 3. The van der Waals surface area contributed by atoms with Gasteiger partial charge in [-0.1, -0.05) is 45.0 Å². The molecule has 0 heterocycles. The van der Waals surface area contributed by atoms with Crippen molar-refractivity contribution in [2.24, 2.45) is 10.7 Å². The Hall–Kier alpha value is -1.64. The van der Waals surface area contributed by atoms with Crippen LogP contribution < -0.4 is 5.73 Å². The summed E-state index contributed by atoms with van der Waals surface area (Å²) in [6, 6.07) is 8.28. The first-order valence-electron chi connectivity index (χ1n) is 5.33. The van der Waals surface area contributed by atoms with Gasteiger partial charge >= 0.3 is 0 Å². The van der Waals surface area contributed by atoms with Gasteiger partial charge in [-0.3, -0.25) is 10.4 Å². The van der Waals surface area contributed by atoms with Crippen LogP contribution in [0, 0.1) is 5.41 Å². The van der Waals surface area contributed by atoms with Crippen molar-refractivity contribution in [2.75, 3.05) is 6.54 Å². The van der Waals surface area contributed by atoms with Crippen molar-refractivity contribution in [3.05, 3.63) is 35.4 Å². The Morgan fingerprint density at radius 1 is 1.31 bits per heavy atom. The number of nitrogens with two attached hydrogens (primary N) is 1. The van der Waals surface area contributed by atoms with Gasteiger partial charge in [0, 0.05) is 6.21 Å². The van der Waals surface area contributed by atoms with Crippen LogP contribution in [-0.4, -0.2) is 18.6 Å². The molecule has 0 aliphatic carbocycles. The Kier molecular flexibility index (Phi) is 3.82. The lowest BCUT2D eigenvalue weighted by Gasteiger charge is -2.18. The highest BCUT2D eigenvalue weighted by Crippen LogP contribution is 2.21. The van der Waals surface area contributed by atoms with Crippen LogP contribution in [0.2, 0.25) is 0 Å². The fourth-order valence-electron chi connectivity index (χ4n) is 1.32. The van der Waals surface area contributed by atoms with Crippen LogP contribution in [0.15, 0.2) is 29.3 Å². The fraction of sp³-hybridized carbons (Fsp3) is 0.385. The third-order valence-corrected chi connectivity index (χ3v) is 2.28. The van der Waals surface area contributed by atoms with Crippen LogP contribution in [-0.2, 0) is 5.41 Å². The van der Waals surface area contributed by atoms with E-state index in [1.54, 1.807) is 6.21 Å². The number of benzene rings is 1. The summed E-state index contributed by atoms with van der Waals surface area (Å²) in [5.41, 5.74) is 7.72. The van der Waals surface area contributed by atoms with Crippen LogP contribution >= 0.6 is 0 Å². The molecule has 86 valence electrons. The normalized spacial score (nSPS) is 11.9. The molecule has 0 saturated carbocycles. The van der Waals surface area contributed by atoms with E-state index in [0.717, 1.165) is 5.56 Å². The molecule has 1 rings (SSSR count). The SMILES string of the molecule is CC(C)(C)c1ccc(C=NCC(=N)N)cc1. The van der Waals surface area contributed by atoms with E-state index in [1.165, 1.54) is 5.56 Å². The van der Waals surface area contributed by atoms with E-state index in [2.05, 4.69) is 37.9 Å². The zero-order valence-electron chi connectivity index (χ0n) is 10.1. The van der Waals surface area contributed by atoms with Crippen molar-refractivity contribution in [1.82, 2.24) is 0 Å². The van der Waals surface area contributed by atoms with Crippen LogP contribution in [0.5, 0.6) is 0 Å². The number of hydrogen-bond acceptors (Lipinski definition) is 2. The molecule has 16 heavy (non-hydrogen) atoms. The van der Waals surface area contributed by atoms with Gasteiger partial charge in [-0.25, -0.2) is 0 Å². The van der Waals surface area contributed by atoms with Gasteiger partial charge in [0.1, 0.15) is 5.84 Å². The molecule has 0 aliphatic rings. The first kappa shape index (κ1) is 12.4. The average Bonchev–Trinajstić information content (AvgIpc) is 2.16. The molecule has 0 aliphatic heterocycles. The van der Waals surface area contributed by atoms with E-state index >= 15 is 0 Å². The lowest BCUT2D eigenvalue weighted by Crippen LogP contribution is -2.13. The minimum atomic E-state index is 0.0857. The van der Waals surface area contributed by atoms with Crippen molar-refractivity contribution in [3.8, 4) is 0 Å². The number of hydrogen-bond donors (Lipinski definition) is 2. The fourth-order valence-corrected chi connectivity index (χ4v) is 1.32. The van der Waals surface area contributed by atoms with Crippen molar-refractivity contribution in [1.29, 1.82) is 5.41 Å². The summed E-state index contributed by atoms with van der Waals surface area (Å²) in [6.45, 7) is 6.82. The van der Waals surface area contributed by atoms with Gasteiger partial charge < -0.3 is 5.73 Å². The zero-order chi connectivity index (χ0) is 12.2. The Labute approximate surface area is 96.9 Å². The summed E-state index contributed by atoms with van der Waals surface area (Å²) < 4.78 is 0. The summed E-state index contributed by atoms with van der Waals surface area (Å²) in [7, 11) is 0. The van der Waals surface area contributed by atoms with Crippen LogP contribution in [0.1, 0.15) is 31.9 Å². The minimum Gasteiger partial charge on any atom is -0.386 e. The van der Waals surface area contributed by atoms with E-state index in [1.807, 2.05) is 12.1 Å². The largest absolute Gasteiger partial charge is 0.386 e. The molecule has 1 aromatic carbocycles. The molecule has 0 atom stereocenters. The number of aliphatic imine (C=N–C) groups is 1. The van der Waals surface area contributed by atoms with E-state index < -0.39 is 0 Å². The van der Waals surface area contributed by atoms with Gasteiger partial charge in [0.25, 0.3) is 0 Å². The quantitative estimate of drug-likeness (QED) is 0.592. The summed E-state index contributed by atoms with van der Waals surface area (Å²) in [5, 5.41) is 7.04. The summed E-state index contributed by atoms with van der Waals surface area (Å²) in [6.07, 6.45) is 1.74. The van der Waals surface area contributed by atoms with Gasteiger partial charge in [0.15, 0.2) is 0 Å². The molecule has 0 fully saturated rings. The highest BCUT2D eigenvalue weighted by atomic mass is 14.8. The lowest BCUT2D eigenvalue weighted by atomic mass is 9.87. The topological polar surface area (TPSA) is 62.2 Å². The molecule has 0 bridgehead atoms. The summed E-state index contributed by atoms with van der Waals surface area (Å²) in [5.74, 6) is 0.0857. The number of amidine groups is 1. The Bertz CT molecular complexity index is 383. The molecule has 3 N–H and O–H groups in total. The maximum atomic E-state index is 7.04. The second-order valence-corrected chi connectivity index (χ2v) is 4.87. The van der Waals surface area contributed by atoms with Crippen LogP contribution in [0.4, 0.5) is 0 Å². The Balaban J connectivity index is 2.72. The number of nitrogens with one attached hydrogen (secondary N) is 1. The maximum Gasteiger partial charge on any atom is 0.113 e. The third-order valence-electron chi connectivity index (χ3n) is 2.28. The monoisotopic (exact) mass is 217 g/mol. The van der Waals surface area contributed by atoms with E-state index in [-0.39, 0.29) is 17.8 Å². The third kappa shape index (κ3) is 3.85. The molecular weight excluding hydrogens is 198 g/mol. The molecule has 1 aromatic rings. The first-order valence-corrected chi connectivity index (χ1v) is 5.33. The zero-order valence-corrected chi connectivity index (χ0v) is 10.1. The lowest BCUT2D eigenvalue weighted by molar-refractivity contribution is 0.590. The molecule has 0 unspecified atom stereocenters. The second-order valence-electron chi connectivity index (χ2n) is 4.87. The molecule has 0 radical (unpaired) electrons.